The molecule has 1 aliphatic carbocycles. The van der Waals surface area contributed by atoms with Crippen LogP contribution in [0.4, 0.5) is 0 Å². The van der Waals surface area contributed by atoms with Crippen molar-refractivity contribution in [3.63, 3.8) is 0 Å². The lowest BCUT2D eigenvalue weighted by Gasteiger charge is -2.01. The zero-order chi connectivity index (χ0) is 6.69. The van der Waals surface area contributed by atoms with E-state index in [9.17, 15) is 4.79 Å². The first-order valence-electron chi connectivity index (χ1n) is 3.48. The van der Waals surface area contributed by atoms with Crippen LogP contribution in [0.2, 0.25) is 0 Å². The summed E-state index contributed by atoms with van der Waals surface area (Å²) in [4.78, 5) is 10.7. The zero-order valence-electron chi connectivity index (χ0n) is 5.76. The van der Waals surface area contributed by atoms with Crippen LogP contribution in [0.1, 0.15) is 26.2 Å². The van der Waals surface area contributed by atoms with Crippen LogP contribution in [0.25, 0.3) is 0 Å². The molecule has 0 bridgehead atoms. The van der Waals surface area contributed by atoms with E-state index in [1.54, 1.807) is 6.08 Å². The fraction of sp³-hybridized carbons (Fsp3) is 0.625. The van der Waals surface area contributed by atoms with E-state index < -0.39 is 0 Å². The van der Waals surface area contributed by atoms with E-state index in [1.165, 1.54) is 0 Å². The lowest BCUT2D eigenvalue weighted by Crippen LogP contribution is -1.93. The van der Waals surface area contributed by atoms with Crippen LogP contribution in [0.5, 0.6) is 0 Å². The van der Waals surface area contributed by atoms with Gasteiger partial charge < -0.3 is 0 Å². The Labute approximate surface area is 55.8 Å². The molecule has 1 aliphatic rings. The van der Waals surface area contributed by atoms with Gasteiger partial charge in [-0.25, -0.2) is 0 Å². The zero-order valence-corrected chi connectivity index (χ0v) is 5.76. The summed E-state index contributed by atoms with van der Waals surface area (Å²) in [5.41, 5.74) is 0. The van der Waals surface area contributed by atoms with E-state index in [0.717, 1.165) is 19.3 Å². The minimum Gasteiger partial charge on any atom is -0.295 e. The molecule has 0 aromatic carbocycles. The molecule has 0 aromatic heterocycles. The second-order valence-electron chi connectivity index (χ2n) is 2.75. The van der Waals surface area contributed by atoms with Crippen molar-refractivity contribution >= 4 is 5.78 Å². The molecule has 0 heterocycles. The lowest BCUT2D eigenvalue weighted by atomic mass is 10.0. The minimum atomic E-state index is 0.291. The Hall–Kier alpha value is -0.590. The van der Waals surface area contributed by atoms with Gasteiger partial charge in [0.2, 0.25) is 0 Å². The molecule has 1 rings (SSSR count). The molecule has 0 amide bonds. The Morgan fingerprint density at radius 3 is 3.22 bits per heavy atom. The summed E-state index contributed by atoms with van der Waals surface area (Å²) in [6, 6.07) is 0. The average molecular weight is 124 g/mol. The topological polar surface area (TPSA) is 17.1 Å². The minimum absolute atomic E-state index is 0.291. The van der Waals surface area contributed by atoms with E-state index in [-0.39, 0.29) is 0 Å². The summed E-state index contributed by atoms with van der Waals surface area (Å²) < 4.78 is 0. The lowest BCUT2D eigenvalue weighted by molar-refractivity contribution is -0.114. The highest BCUT2D eigenvalue weighted by atomic mass is 16.1. The monoisotopic (exact) mass is 124 g/mol. The summed E-state index contributed by atoms with van der Waals surface area (Å²) in [6.45, 7) is 2.18. The molecular formula is C8H12O. The predicted octanol–water partition coefficient (Wildman–Crippen LogP) is 1.93. The fourth-order valence-corrected chi connectivity index (χ4v) is 1.02. The van der Waals surface area contributed by atoms with Crippen molar-refractivity contribution in [2.24, 2.45) is 5.92 Å². The molecule has 1 atom stereocenters. The summed E-state index contributed by atoms with van der Waals surface area (Å²) in [7, 11) is 0. The molecule has 0 aromatic rings. The van der Waals surface area contributed by atoms with E-state index in [1.807, 2.05) is 6.08 Å². The number of rotatable bonds is 0. The van der Waals surface area contributed by atoms with Crippen molar-refractivity contribution in [1.82, 2.24) is 0 Å². The van der Waals surface area contributed by atoms with Gasteiger partial charge in [-0.05, 0) is 24.8 Å². The number of hydrogen-bond acceptors (Lipinski definition) is 1. The highest BCUT2D eigenvalue weighted by Crippen LogP contribution is 2.14. The van der Waals surface area contributed by atoms with Gasteiger partial charge in [-0.1, -0.05) is 13.0 Å². The van der Waals surface area contributed by atoms with Crippen LogP contribution < -0.4 is 0 Å². The Kier molecular flexibility index (Phi) is 2.04. The molecule has 0 saturated heterocycles. The third-order valence-electron chi connectivity index (χ3n) is 1.73. The van der Waals surface area contributed by atoms with Crippen LogP contribution in [0.15, 0.2) is 12.2 Å². The quantitative estimate of drug-likeness (QED) is 0.482. The number of ketones is 1. The molecular weight excluding hydrogens is 112 g/mol. The number of allylic oxidation sites excluding steroid dienone is 2. The Morgan fingerprint density at radius 1 is 1.67 bits per heavy atom. The molecule has 1 heteroatoms. The number of hydrogen-bond donors (Lipinski definition) is 0. The molecule has 0 fully saturated rings. The highest BCUT2D eigenvalue weighted by molar-refractivity contribution is 5.89. The van der Waals surface area contributed by atoms with Gasteiger partial charge in [-0.15, -0.1) is 0 Å². The molecule has 1 nitrogen and oxygen atoms in total. The van der Waals surface area contributed by atoms with Crippen LogP contribution in [0.3, 0.4) is 0 Å². The van der Waals surface area contributed by atoms with Gasteiger partial charge >= 0.3 is 0 Å². The standard InChI is InChI=1S/C8H12O/c1-7-3-2-4-8(9)6-5-7/h2,4,7H,3,5-6H2,1H3. The molecule has 1 unspecified atom stereocenters. The second-order valence-corrected chi connectivity index (χ2v) is 2.75. The normalized spacial score (nSPS) is 28.1. The molecule has 0 N–H and O–H groups in total. The van der Waals surface area contributed by atoms with Crippen molar-refractivity contribution in [3.8, 4) is 0 Å². The maximum absolute atomic E-state index is 10.7. The Bertz CT molecular complexity index is 136. The van der Waals surface area contributed by atoms with Crippen molar-refractivity contribution in [2.75, 3.05) is 0 Å². The molecule has 0 radical (unpaired) electrons. The van der Waals surface area contributed by atoms with Crippen molar-refractivity contribution < 1.29 is 4.79 Å². The molecule has 50 valence electrons. The molecule has 9 heavy (non-hydrogen) atoms. The van der Waals surface area contributed by atoms with Crippen LogP contribution in [0, 0.1) is 5.92 Å². The summed E-state index contributed by atoms with van der Waals surface area (Å²) in [5, 5.41) is 0. The summed E-state index contributed by atoms with van der Waals surface area (Å²) >= 11 is 0. The Balaban J connectivity index is 2.48. The van der Waals surface area contributed by atoms with Gasteiger partial charge in [0.15, 0.2) is 5.78 Å². The van der Waals surface area contributed by atoms with Crippen molar-refractivity contribution in [2.45, 2.75) is 26.2 Å². The first-order valence-corrected chi connectivity index (χ1v) is 3.48. The maximum atomic E-state index is 10.7. The third kappa shape index (κ3) is 2.00. The predicted molar refractivity (Wildman–Crippen MR) is 37.2 cm³/mol. The molecule has 0 saturated carbocycles. The maximum Gasteiger partial charge on any atom is 0.155 e. The van der Waals surface area contributed by atoms with E-state index in [0.29, 0.717) is 11.7 Å². The smallest absolute Gasteiger partial charge is 0.155 e. The van der Waals surface area contributed by atoms with Crippen LogP contribution in [-0.2, 0) is 4.79 Å². The Morgan fingerprint density at radius 2 is 2.44 bits per heavy atom. The number of carbonyl (C=O) groups is 1. The first kappa shape index (κ1) is 6.53. The van der Waals surface area contributed by atoms with Gasteiger partial charge in [0, 0.05) is 6.42 Å². The van der Waals surface area contributed by atoms with Crippen molar-refractivity contribution in [1.29, 1.82) is 0 Å². The third-order valence-corrected chi connectivity index (χ3v) is 1.73. The summed E-state index contributed by atoms with van der Waals surface area (Å²) in [5.74, 6) is 0.993. The molecule has 0 spiro atoms. The fourth-order valence-electron chi connectivity index (χ4n) is 1.02. The van der Waals surface area contributed by atoms with Gasteiger partial charge in [0.05, 0.1) is 0 Å². The highest BCUT2D eigenvalue weighted by Gasteiger charge is 2.06. The van der Waals surface area contributed by atoms with Gasteiger partial charge in [-0.3, -0.25) is 4.79 Å². The van der Waals surface area contributed by atoms with E-state index in [2.05, 4.69) is 6.92 Å². The van der Waals surface area contributed by atoms with Gasteiger partial charge in [0.25, 0.3) is 0 Å². The van der Waals surface area contributed by atoms with E-state index >= 15 is 0 Å². The SMILES string of the molecule is CC1CC=CC(=O)CC1. The van der Waals surface area contributed by atoms with Crippen LogP contribution >= 0.6 is 0 Å². The second kappa shape index (κ2) is 2.81. The summed E-state index contributed by atoms with van der Waals surface area (Å²) in [6.07, 6.45) is 6.58. The van der Waals surface area contributed by atoms with Gasteiger partial charge in [-0.2, -0.15) is 0 Å². The van der Waals surface area contributed by atoms with Crippen LogP contribution in [-0.4, -0.2) is 5.78 Å². The average Bonchev–Trinajstić information content (AvgIpc) is 1.97. The van der Waals surface area contributed by atoms with Crippen molar-refractivity contribution in [3.05, 3.63) is 12.2 Å². The number of carbonyl (C=O) groups excluding carboxylic acids is 1. The van der Waals surface area contributed by atoms with Gasteiger partial charge in [0.1, 0.15) is 0 Å². The van der Waals surface area contributed by atoms with E-state index in [4.69, 9.17) is 0 Å². The molecule has 0 aliphatic heterocycles. The first-order chi connectivity index (χ1) is 4.29. The largest absolute Gasteiger partial charge is 0.295 e.